The molecule has 0 aliphatic carbocycles. The second-order valence-electron chi connectivity index (χ2n) is 5.13. The second-order valence-corrected chi connectivity index (χ2v) is 5.13. The minimum Gasteiger partial charge on any atom is -0.366 e. The van der Waals surface area contributed by atoms with E-state index in [1.165, 1.54) is 5.39 Å². The SMILES string of the molecule is Cc1ccccc1NC(C#N)c1ccc2ccccc2c1. The summed E-state index contributed by atoms with van der Waals surface area (Å²) in [6.07, 6.45) is 0. The van der Waals surface area contributed by atoms with Gasteiger partial charge in [0.2, 0.25) is 0 Å². The molecule has 2 nitrogen and oxygen atoms in total. The Morgan fingerprint density at radius 3 is 2.38 bits per heavy atom. The van der Waals surface area contributed by atoms with Gasteiger partial charge in [-0.1, -0.05) is 54.6 Å². The van der Waals surface area contributed by atoms with E-state index in [1.54, 1.807) is 0 Å². The third-order valence-electron chi connectivity index (χ3n) is 3.68. The van der Waals surface area contributed by atoms with Crippen LogP contribution in [0.5, 0.6) is 0 Å². The van der Waals surface area contributed by atoms with Gasteiger partial charge in [-0.25, -0.2) is 0 Å². The van der Waals surface area contributed by atoms with E-state index >= 15 is 0 Å². The van der Waals surface area contributed by atoms with Crippen LogP contribution in [0.15, 0.2) is 66.7 Å². The molecule has 0 heterocycles. The predicted octanol–water partition coefficient (Wildman–Crippen LogP) is 4.83. The molecule has 102 valence electrons. The van der Waals surface area contributed by atoms with Crippen molar-refractivity contribution in [2.24, 2.45) is 0 Å². The van der Waals surface area contributed by atoms with Gasteiger partial charge in [0.15, 0.2) is 0 Å². The zero-order chi connectivity index (χ0) is 14.7. The van der Waals surface area contributed by atoms with E-state index in [2.05, 4.69) is 35.7 Å². The number of para-hydroxylation sites is 1. The summed E-state index contributed by atoms with van der Waals surface area (Å²) in [4.78, 5) is 0. The minimum absolute atomic E-state index is 0.351. The molecule has 0 aliphatic rings. The number of benzene rings is 3. The van der Waals surface area contributed by atoms with Crippen molar-refractivity contribution in [2.75, 3.05) is 5.32 Å². The van der Waals surface area contributed by atoms with Crippen LogP contribution in [0.25, 0.3) is 10.8 Å². The Labute approximate surface area is 124 Å². The molecule has 3 aromatic rings. The average Bonchev–Trinajstić information content (AvgIpc) is 2.54. The summed E-state index contributed by atoms with van der Waals surface area (Å²) in [5.74, 6) is 0. The number of aryl methyl sites for hydroxylation is 1. The molecule has 0 amide bonds. The molecule has 1 unspecified atom stereocenters. The van der Waals surface area contributed by atoms with Gasteiger partial charge in [0, 0.05) is 5.69 Å². The molecule has 0 aliphatic heterocycles. The fraction of sp³-hybridized carbons (Fsp3) is 0.105. The summed E-state index contributed by atoms with van der Waals surface area (Å²) in [7, 11) is 0. The molecule has 0 saturated heterocycles. The second kappa shape index (κ2) is 5.68. The molecule has 21 heavy (non-hydrogen) atoms. The van der Waals surface area contributed by atoms with E-state index < -0.39 is 0 Å². The van der Waals surface area contributed by atoms with Crippen molar-refractivity contribution < 1.29 is 0 Å². The molecular weight excluding hydrogens is 256 g/mol. The first-order chi connectivity index (χ1) is 10.3. The first-order valence-corrected chi connectivity index (χ1v) is 6.98. The fourth-order valence-corrected chi connectivity index (χ4v) is 2.47. The van der Waals surface area contributed by atoms with Crippen LogP contribution in [-0.2, 0) is 0 Å². The fourth-order valence-electron chi connectivity index (χ4n) is 2.47. The van der Waals surface area contributed by atoms with E-state index in [1.807, 2.05) is 49.4 Å². The maximum Gasteiger partial charge on any atom is 0.140 e. The summed E-state index contributed by atoms with van der Waals surface area (Å²) in [6, 6.07) is 24.4. The summed E-state index contributed by atoms with van der Waals surface area (Å²) in [5, 5.41) is 15.2. The number of anilines is 1. The van der Waals surface area contributed by atoms with Crippen LogP contribution in [0.3, 0.4) is 0 Å². The molecule has 3 aromatic carbocycles. The zero-order valence-corrected chi connectivity index (χ0v) is 11.9. The Kier molecular flexibility index (Phi) is 3.57. The summed E-state index contributed by atoms with van der Waals surface area (Å²) >= 11 is 0. The van der Waals surface area contributed by atoms with Crippen molar-refractivity contribution in [1.82, 2.24) is 0 Å². The highest BCUT2D eigenvalue weighted by Gasteiger charge is 2.11. The molecule has 0 aromatic heterocycles. The van der Waals surface area contributed by atoms with Gasteiger partial charge in [0.25, 0.3) is 0 Å². The lowest BCUT2D eigenvalue weighted by atomic mass is 10.0. The molecule has 0 bridgehead atoms. The van der Waals surface area contributed by atoms with Crippen LogP contribution in [-0.4, -0.2) is 0 Å². The monoisotopic (exact) mass is 272 g/mol. The molecule has 1 atom stereocenters. The van der Waals surface area contributed by atoms with Crippen LogP contribution in [0.1, 0.15) is 17.2 Å². The summed E-state index contributed by atoms with van der Waals surface area (Å²) in [6.45, 7) is 2.04. The lowest BCUT2D eigenvalue weighted by molar-refractivity contribution is 0.997. The molecule has 3 rings (SSSR count). The lowest BCUT2D eigenvalue weighted by Gasteiger charge is -2.15. The van der Waals surface area contributed by atoms with E-state index in [0.29, 0.717) is 0 Å². The predicted molar refractivity (Wildman–Crippen MR) is 87.1 cm³/mol. The van der Waals surface area contributed by atoms with Gasteiger partial charge < -0.3 is 5.32 Å². The first kappa shape index (κ1) is 13.2. The van der Waals surface area contributed by atoms with Gasteiger partial charge in [-0.3, -0.25) is 0 Å². The van der Waals surface area contributed by atoms with Crippen LogP contribution in [0.2, 0.25) is 0 Å². The summed E-state index contributed by atoms with van der Waals surface area (Å²) in [5.41, 5.74) is 3.12. The Morgan fingerprint density at radius 1 is 0.905 bits per heavy atom. The van der Waals surface area contributed by atoms with Gasteiger partial charge in [0.05, 0.1) is 6.07 Å². The normalized spacial score (nSPS) is 11.8. The summed E-state index contributed by atoms with van der Waals surface area (Å²) < 4.78 is 0. The van der Waals surface area contributed by atoms with E-state index in [0.717, 1.165) is 22.2 Å². The Bertz CT molecular complexity index is 815. The zero-order valence-electron chi connectivity index (χ0n) is 11.9. The molecule has 2 heteroatoms. The Hall–Kier alpha value is -2.79. The molecule has 1 N–H and O–H groups in total. The molecule has 0 spiro atoms. The third-order valence-corrected chi connectivity index (χ3v) is 3.68. The van der Waals surface area contributed by atoms with E-state index in [-0.39, 0.29) is 6.04 Å². The van der Waals surface area contributed by atoms with Crippen molar-refractivity contribution in [3.63, 3.8) is 0 Å². The average molecular weight is 272 g/mol. The number of fused-ring (bicyclic) bond motifs is 1. The number of hydrogen-bond acceptors (Lipinski definition) is 2. The smallest absolute Gasteiger partial charge is 0.140 e. The van der Waals surface area contributed by atoms with Crippen molar-refractivity contribution in [1.29, 1.82) is 5.26 Å². The number of rotatable bonds is 3. The van der Waals surface area contributed by atoms with Crippen molar-refractivity contribution in [2.45, 2.75) is 13.0 Å². The standard InChI is InChI=1S/C19H16N2/c1-14-6-2-5-9-18(14)21-19(13-20)17-11-10-15-7-3-4-8-16(15)12-17/h2-12,19,21H,1H3. The van der Waals surface area contributed by atoms with Gasteiger partial charge in [-0.05, 0) is 41.0 Å². The molecule has 0 radical (unpaired) electrons. The van der Waals surface area contributed by atoms with Crippen LogP contribution in [0.4, 0.5) is 5.69 Å². The van der Waals surface area contributed by atoms with Crippen molar-refractivity contribution in [3.8, 4) is 6.07 Å². The minimum atomic E-state index is -0.351. The number of nitrogens with zero attached hydrogens (tertiary/aromatic N) is 1. The van der Waals surface area contributed by atoms with Crippen LogP contribution >= 0.6 is 0 Å². The highest BCUT2D eigenvalue weighted by Crippen LogP contribution is 2.24. The van der Waals surface area contributed by atoms with Crippen LogP contribution in [0, 0.1) is 18.3 Å². The highest BCUT2D eigenvalue weighted by atomic mass is 14.9. The van der Waals surface area contributed by atoms with Gasteiger partial charge >= 0.3 is 0 Å². The number of nitriles is 1. The maximum atomic E-state index is 9.49. The van der Waals surface area contributed by atoms with Gasteiger partial charge in [0.1, 0.15) is 6.04 Å². The van der Waals surface area contributed by atoms with E-state index in [4.69, 9.17) is 0 Å². The quantitative estimate of drug-likeness (QED) is 0.741. The van der Waals surface area contributed by atoms with Crippen LogP contribution < -0.4 is 5.32 Å². The van der Waals surface area contributed by atoms with Gasteiger partial charge in [-0.2, -0.15) is 5.26 Å². The molecule has 0 fully saturated rings. The Morgan fingerprint density at radius 2 is 1.62 bits per heavy atom. The molecule has 0 saturated carbocycles. The van der Waals surface area contributed by atoms with Crippen molar-refractivity contribution in [3.05, 3.63) is 77.9 Å². The largest absolute Gasteiger partial charge is 0.366 e. The highest BCUT2D eigenvalue weighted by molar-refractivity contribution is 5.83. The maximum absolute atomic E-state index is 9.49. The Balaban J connectivity index is 1.95. The topological polar surface area (TPSA) is 35.8 Å². The lowest BCUT2D eigenvalue weighted by Crippen LogP contribution is -2.09. The molecular formula is C19H16N2. The number of hydrogen-bond donors (Lipinski definition) is 1. The van der Waals surface area contributed by atoms with Gasteiger partial charge in [-0.15, -0.1) is 0 Å². The first-order valence-electron chi connectivity index (χ1n) is 6.98. The number of nitrogens with one attached hydrogen (secondary N) is 1. The third kappa shape index (κ3) is 2.73. The van der Waals surface area contributed by atoms with E-state index in [9.17, 15) is 5.26 Å². The van der Waals surface area contributed by atoms with Crippen molar-refractivity contribution >= 4 is 16.5 Å².